The Balaban J connectivity index is 1.81. The lowest BCUT2D eigenvalue weighted by molar-refractivity contribution is -0.121. The third kappa shape index (κ3) is 2.34. The highest BCUT2D eigenvalue weighted by Gasteiger charge is 2.43. The molecule has 108 valence electrons. The third-order valence-corrected chi connectivity index (χ3v) is 4.58. The standard InChI is InChI=1S/C16H23N3O/c1-3-19(12-7-4-6-11(2)10-12)16(20)15-13-8-5-9-14(13)17-18-15/h4,6-7,10,13-15,17-18H,3,5,8-9H2,1-2H3. The van der Waals surface area contributed by atoms with Crippen molar-refractivity contribution >= 4 is 11.6 Å². The van der Waals surface area contributed by atoms with Crippen LogP contribution in [0.4, 0.5) is 5.69 Å². The van der Waals surface area contributed by atoms with Crippen molar-refractivity contribution in [3.05, 3.63) is 29.8 Å². The first-order chi connectivity index (χ1) is 9.70. The van der Waals surface area contributed by atoms with E-state index in [4.69, 9.17) is 0 Å². The predicted octanol–water partition coefficient (Wildman–Crippen LogP) is 1.99. The number of fused-ring (bicyclic) bond motifs is 1. The molecule has 4 nitrogen and oxygen atoms in total. The summed E-state index contributed by atoms with van der Waals surface area (Å²) in [4.78, 5) is 14.8. The van der Waals surface area contributed by atoms with Crippen molar-refractivity contribution in [2.45, 2.75) is 45.2 Å². The fourth-order valence-electron chi connectivity index (χ4n) is 3.55. The molecule has 20 heavy (non-hydrogen) atoms. The Morgan fingerprint density at radius 1 is 1.35 bits per heavy atom. The van der Waals surface area contributed by atoms with Crippen molar-refractivity contribution in [3.8, 4) is 0 Å². The Morgan fingerprint density at radius 3 is 2.95 bits per heavy atom. The molecule has 3 rings (SSSR count). The van der Waals surface area contributed by atoms with E-state index in [1.165, 1.54) is 18.4 Å². The van der Waals surface area contributed by atoms with Gasteiger partial charge in [-0.15, -0.1) is 0 Å². The summed E-state index contributed by atoms with van der Waals surface area (Å²) in [6.45, 7) is 4.80. The zero-order chi connectivity index (χ0) is 14.1. The Morgan fingerprint density at radius 2 is 2.20 bits per heavy atom. The van der Waals surface area contributed by atoms with Gasteiger partial charge in [-0.1, -0.05) is 18.6 Å². The molecule has 3 unspecified atom stereocenters. The van der Waals surface area contributed by atoms with Crippen molar-refractivity contribution in [2.24, 2.45) is 5.92 Å². The highest BCUT2D eigenvalue weighted by molar-refractivity contribution is 5.97. The van der Waals surface area contributed by atoms with Crippen LogP contribution in [0.5, 0.6) is 0 Å². The SMILES string of the molecule is CCN(C(=O)C1NNC2CCCC21)c1cccc(C)c1. The predicted molar refractivity (Wildman–Crippen MR) is 80.4 cm³/mol. The lowest BCUT2D eigenvalue weighted by Gasteiger charge is -2.26. The molecule has 1 aliphatic carbocycles. The minimum Gasteiger partial charge on any atom is -0.311 e. The zero-order valence-corrected chi connectivity index (χ0v) is 12.2. The van der Waals surface area contributed by atoms with Crippen LogP contribution in [-0.2, 0) is 4.79 Å². The lowest BCUT2D eigenvalue weighted by atomic mass is 9.96. The van der Waals surface area contributed by atoms with Crippen molar-refractivity contribution in [2.75, 3.05) is 11.4 Å². The van der Waals surface area contributed by atoms with E-state index in [1.54, 1.807) is 0 Å². The van der Waals surface area contributed by atoms with Gasteiger partial charge in [-0.05, 0) is 44.4 Å². The van der Waals surface area contributed by atoms with Crippen LogP contribution >= 0.6 is 0 Å². The first kappa shape index (κ1) is 13.6. The molecular formula is C16H23N3O. The number of amides is 1. The number of anilines is 1. The molecule has 1 aromatic carbocycles. The van der Waals surface area contributed by atoms with E-state index in [0.29, 0.717) is 18.5 Å². The van der Waals surface area contributed by atoms with Crippen molar-refractivity contribution in [1.29, 1.82) is 0 Å². The van der Waals surface area contributed by atoms with E-state index < -0.39 is 0 Å². The second-order valence-corrected chi connectivity index (χ2v) is 5.89. The summed E-state index contributed by atoms with van der Waals surface area (Å²) in [7, 11) is 0. The van der Waals surface area contributed by atoms with Gasteiger partial charge < -0.3 is 4.90 Å². The average molecular weight is 273 g/mol. The maximum Gasteiger partial charge on any atom is 0.245 e. The molecular weight excluding hydrogens is 250 g/mol. The maximum absolute atomic E-state index is 12.9. The number of carbonyl (C=O) groups excluding carboxylic acids is 1. The van der Waals surface area contributed by atoms with Crippen LogP contribution < -0.4 is 15.8 Å². The summed E-state index contributed by atoms with van der Waals surface area (Å²) in [5, 5.41) is 0. The maximum atomic E-state index is 12.9. The summed E-state index contributed by atoms with van der Waals surface area (Å²) in [6.07, 6.45) is 3.55. The minimum atomic E-state index is -0.0806. The highest BCUT2D eigenvalue weighted by atomic mass is 16.2. The van der Waals surface area contributed by atoms with Gasteiger partial charge in [0.2, 0.25) is 5.91 Å². The molecule has 1 amide bonds. The lowest BCUT2D eigenvalue weighted by Crippen LogP contribution is -2.48. The van der Waals surface area contributed by atoms with Crippen LogP contribution in [-0.4, -0.2) is 24.5 Å². The van der Waals surface area contributed by atoms with E-state index in [1.807, 2.05) is 24.0 Å². The molecule has 1 saturated heterocycles. The molecule has 1 aromatic rings. The van der Waals surface area contributed by atoms with Crippen LogP contribution in [0.15, 0.2) is 24.3 Å². The first-order valence-corrected chi connectivity index (χ1v) is 7.60. The first-order valence-electron chi connectivity index (χ1n) is 7.60. The van der Waals surface area contributed by atoms with E-state index in [0.717, 1.165) is 12.1 Å². The molecule has 1 heterocycles. The van der Waals surface area contributed by atoms with Gasteiger partial charge in [0, 0.05) is 24.2 Å². The van der Waals surface area contributed by atoms with Gasteiger partial charge >= 0.3 is 0 Å². The summed E-state index contributed by atoms with van der Waals surface area (Å²) in [5.41, 5.74) is 8.70. The normalized spacial score (nSPS) is 28.4. The number of benzene rings is 1. The summed E-state index contributed by atoms with van der Waals surface area (Å²) < 4.78 is 0. The number of nitrogens with zero attached hydrogens (tertiary/aromatic N) is 1. The molecule has 2 N–H and O–H groups in total. The van der Waals surface area contributed by atoms with Gasteiger partial charge in [-0.2, -0.15) is 0 Å². The number of likely N-dealkylation sites (N-methyl/N-ethyl adjacent to an activating group) is 1. The summed E-state index contributed by atoms with van der Waals surface area (Å²) >= 11 is 0. The second kappa shape index (κ2) is 5.54. The molecule has 3 atom stereocenters. The van der Waals surface area contributed by atoms with Crippen LogP contribution in [0, 0.1) is 12.8 Å². The summed E-state index contributed by atoms with van der Waals surface area (Å²) in [6, 6.07) is 8.56. The molecule has 1 saturated carbocycles. The number of carbonyl (C=O) groups is 1. The average Bonchev–Trinajstić information content (AvgIpc) is 3.01. The van der Waals surface area contributed by atoms with Gasteiger partial charge in [-0.3, -0.25) is 10.2 Å². The van der Waals surface area contributed by atoms with Crippen molar-refractivity contribution in [1.82, 2.24) is 10.9 Å². The van der Waals surface area contributed by atoms with E-state index in [9.17, 15) is 4.79 Å². The highest BCUT2D eigenvalue weighted by Crippen LogP contribution is 2.32. The molecule has 4 heteroatoms. The minimum absolute atomic E-state index is 0.0806. The molecule has 0 aromatic heterocycles. The van der Waals surface area contributed by atoms with Crippen LogP contribution in [0.2, 0.25) is 0 Å². The van der Waals surface area contributed by atoms with Gasteiger partial charge in [0.25, 0.3) is 0 Å². The molecule has 0 spiro atoms. The van der Waals surface area contributed by atoms with Crippen molar-refractivity contribution in [3.63, 3.8) is 0 Å². The Kier molecular flexibility index (Phi) is 3.76. The Bertz CT molecular complexity index is 502. The van der Waals surface area contributed by atoms with E-state index >= 15 is 0 Å². The molecule has 0 radical (unpaired) electrons. The smallest absolute Gasteiger partial charge is 0.245 e. The topological polar surface area (TPSA) is 44.4 Å². The molecule has 1 aliphatic heterocycles. The largest absolute Gasteiger partial charge is 0.311 e. The molecule has 2 aliphatic rings. The number of rotatable bonds is 3. The van der Waals surface area contributed by atoms with E-state index in [-0.39, 0.29) is 11.9 Å². The Labute approximate surface area is 120 Å². The van der Waals surface area contributed by atoms with E-state index in [2.05, 4.69) is 29.9 Å². The quantitative estimate of drug-likeness (QED) is 0.885. The summed E-state index contributed by atoms with van der Waals surface area (Å²) in [5.74, 6) is 0.640. The number of hydrogen-bond acceptors (Lipinski definition) is 3. The fraction of sp³-hybridized carbons (Fsp3) is 0.562. The van der Waals surface area contributed by atoms with Crippen LogP contribution in [0.1, 0.15) is 31.7 Å². The van der Waals surface area contributed by atoms with Crippen molar-refractivity contribution < 1.29 is 4.79 Å². The zero-order valence-electron chi connectivity index (χ0n) is 12.2. The third-order valence-electron chi connectivity index (χ3n) is 4.58. The Hall–Kier alpha value is -1.39. The van der Waals surface area contributed by atoms with Crippen LogP contribution in [0.3, 0.4) is 0 Å². The van der Waals surface area contributed by atoms with Gasteiger partial charge in [0.15, 0.2) is 0 Å². The van der Waals surface area contributed by atoms with Gasteiger partial charge in [0.1, 0.15) is 6.04 Å². The fourth-order valence-corrected chi connectivity index (χ4v) is 3.55. The monoisotopic (exact) mass is 273 g/mol. The molecule has 0 bridgehead atoms. The number of nitrogens with one attached hydrogen (secondary N) is 2. The van der Waals surface area contributed by atoms with Crippen LogP contribution in [0.25, 0.3) is 0 Å². The number of hydrazine groups is 1. The molecule has 2 fully saturated rings. The van der Waals surface area contributed by atoms with Gasteiger partial charge in [0.05, 0.1) is 0 Å². The van der Waals surface area contributed by atoms with Gasteiger partial charge in [-0.25, -0.2) is 5.43 Å². The second-order valence-electron chi connectivity index (χ2n) is 5.89. The number of aryl methyl sites for hydroxylation is 1. The number of hydrogen-bond donors (Lipinski definition) is 2.